The molecule has 1 aromatic heterocycles. The zero-order valence-corrected chi connectivity index (χ0v) is 14.2. The highest BCUT2D eigenvalue weighted by Crippen LogP contribution is 2.32. The number of thiophene rings is 1. The molecule has 0 aliphatic heterocycles. The van der Waals surface area contributed by atoms with Crippen LogP contribution in [0.5, 0.6) is 0 Å². The normalized spacial score (nSPS) is 16.8. The zero-order chi connectivity index (χ0) is 13.7. The first kappa shape index (κ1) is 16.2. The molecule has 1 aromatic rings. The molecule has 0 bridgehead atoms. The van der Waals surface area contributed by atoms with E-state index in [2.05, 4.69) is 60.1 Å². The van der Waals surface area contributed by atoms with Gasteiger partial charge in [-0.05, 0) is 41.4 Å². The third-order valence-electron chi connectivity index (χ3n) is 3.53. The van der Waals surface area contributed by atoms with Crippen LogP contribution in [-0.4, -0.2) is 24.5 Å². The fraction of sp³-hybridized carbons (Fsp3) is 0.714. The van der Waals surface area contributed by atoms with Crippen LogP contribution in [0, 0.1) is 5.92 Å². The molecule has 4 heteroatoms. The van der Waals surface area contributed by atoms with Crippen LogP contribution in [0.4, 0.5) is 0 Å². The van der Waals surface area contributed by atoms with Crippen molar-refractivity contribution in [1.82, 2.24) is 4.90 Å². The van der Waals surface area contributed by atoms with E-state index in [1.807, 2.05) is 0 Å². The molecule has 0 saturated heterocycles. The molecule has 0 saturated carbocycles. The average molecular weight is 333 g/mol. The number of nitrogens with two attached hydrogens (primary N) is 1. The molecule has 3 atom stereocenters. The number of nitrogens with zero attached hydrogens (tertiary/aromatic N) is 1. The average Bonchev–Trinajstić information content (AvgIpc) is 2.75. The molecule has 0 fully saturated rings. The lowest BCUT2D eigenvalue weighted by Crippen LogP contribution is -2.40. The van der Waals surface area contributed by atoms with Crippen LogP contribution in [-0.2, 0) is 0 Å². The van der Waals surface area contributed by atoms with E-state index in [0.29, 0.717) is 12.0 Å². The number of hydrogen-bond donors (Lipinski definition) is 1. The lowest BCUT2D eigenvalue weighted by Gasteiger charge is -2.33. The molecule has 0 aliphatic carbocycles. The van der Waals surface area contributed by atoms with Crippen LogP contribution in [0.1, 0.15) is 44.5 Å². The molecule has 2 nitrogen and oxygen atoms in total. The second kappa shape index (κ2) is 7.63. The summed E-state index contributed by atoms with van der Waals surface area (Å²) < 4.78 is 1.16. The highest BCUT2D eigenvalue weighted by atomic mass is 79.9. The lowest BCUT2D eigenvalue weighted by molar-refractivity contribution is 0.185. The summed E-state index contributed by atoms with van der Waals surface area (Å²) in [5.74, 6) is 0.713. The van der Waals surface area contributed by atoms with Crippen LogP contribution in [0.25, 0.3) is 0 Å². The van der Waals surface area contributed by atoms with Crippen molar-refractivity contribution >= 4 is 27.3 Å². The molecule has 0 spiro atoms. The quantitative estimate of drug-likeness (QED) is 0.807. The van der Waals surface area contributed by atoms with Crippen LogP contribution in [0.15, 0.2) is 15.9 Å². The molecule has 1 rings (SSSR count). The predicted octanol–water partition coefficient (Wildman–Crippen LogP) is 4.27. The van der Waals surface area contributed by atoms with E-state index in [0.717, 1.165) is 17.4 Å². The van der Waals surface area contributed by atoms with Crippen molar-refractivity contribution in [1.29, 1.82) is 0 Å². The topological polar surface area (TPSA) is 29.3 Å². The lowest BCUT2D eigenvalue weighted by atomic mass is 10.0. The van der Waals surface area contributed by atoms with Gasteiger partial charge in [0.15, 0.2) is 0 Å². The fourth-order valence-corrected chi connectivity index (χ4v) is 3.88. The summed E-state index contributed by atoms with van der Waals surface area (Å²) in [5.41, 5.74) is 6.33. The molecule has 0 amide bonds. The Morgan fingerprint density at radius 1 is 1.39 bits per heavy atom. The summed E-state index contributed by atoms with van der Waals surface area (Å²) in [6.07, 6.45) is 2.22. The minimum atomic E-state index is 0.199. The summed E-state index contributed by atoms with van der Waals surface area (Å²) >= 11 is 5.33. The maximum Gasteiger partial charge on any atom is 0.0591 e. The molecule has 0 aromatic carbocycles. The van der Waals surface area contributed by atoms with Gasteiger partial charge in [-0.3, -0.25) is 4.90 Å². The first-order valence-corrected chi connectivity index (χ1v) is 8.36. The SMILES string of the molecule is CCC(C)CN(C)C(c1cc(Br)cs1)C(N)CC. The van der Waals surface area contributed by atoms with Crippen LogP contribution >= 0.6 is 27.3 Å². The molecule has 0 aliphatic rings. The largest absolute Gasteiger partial charge is 0.326 e. The van der Waals surface area contributed by atoms with Gasteiger partial charge in [-0.2, -0.15) is 0 Å². The number of halogens is 1. The Bertz CT molecular complexity index is 353. The van der Waals surface area contributed by atoms with E-state index >= 15 is 0 Å². The molecular weight excluding hydrogens is 308 g/mol. The van der Waals surface area contributed by atoms with Crippen molar-refractivity contribution in [3.8, 4) is 0 Å². The van der Waals surface area contributed by atoms with Gasteiger partial charge in [0.1, 0.15) is 0 Å². The predicted molar refractivity (Wildman–Crippen MR) is 85.1 cm³/mol. The second-order valence-corrected chi connectivity index (χ2v) is 7.00. The van der Waals surface area contributed by atoms with Gasteiger partial charge in [-0.1, -0.05) is 27.2 Å². The number of rotatable bonds is 7. The first-order chi connectivity index (χ1) is 8.49. The highest BCUT2D eigenvalue weighted by Gasteiger charge is 2.25. The van der Waals surface area contributed by atoms with Gasteiger partial charge in [0, 0.05) is 27.3 Å². The molecule has 104 valence electrons. The van der Waals surface area contributed by atoms with E-state index in [1.54, 1.807) is 11.3 Å². The van der Waals surface area contributed by atoms with E-state index in [-0.39, 0.29) is 6.04 Å². The Morgan fingerprint density at radius 2 is 2.06 bits per heavy atom. The number of likely N-dealkylation sites (N-methyl/N-ethyl adjacent to an activating group) is 1. The smallest absolute Gasteiger partial charge is 0.0591 e. The molecule has 1 heterocycles. The monoisotopic (exact) mass is 332 g/mol. The van der Waals surface area contributed by atoms with E-state index in [4.69, 9.17) is 5.73 Å². The Hall–Kier alpha value is 0.1000. The van der Waals surface area contributed by atoms with Crippen molar-refractivity contribution in [3.63, 3.8) is 0 Å². The van der Waals surface area contributed by atoms with Crippen molar-refractivity contribution in [2.75, 3.05) is 13.6 Å². The van der Waals surface area contributed by atoms with E-state index in [9.17, 15) is 0 Å². The van der Waals surface area contributed by atoms with Crippen molar-refractivity contribution in [2.24, 2.45) is 11.7 Å². The van der Waals surface area contributed by atoms with E-state index in [1.165, 1.54) is 11.3 Å². The summed E-state index contributed by atoms with van der Waals surface area (Å²) in [4.78, 5) is 3.78. The van der Waals surface area contributed by atoms with Gasteiger partial charge >= 0.3 is 0 Å². The van der Waals surface area contributed by atoms with Crippen molar-refractivity contribution < 1.29 is 0 Å². The Labute approximate surface area is 124 Å². The minimum Gasteiger partial charge on any atom is -0.326 e. The molecule has 2 N–H and O–H groups in total. The van der Waals surface area contributed by atoms with Crippen molar-refractivity contribution in [3.05, 3.63) is 20.8 Å². The number of hydrogen-bond acceptors (Lipinski definition) is 3. The minimum absolute atomic E-state index is 0.199. The summed E-state index contributed by atoms with van der Waals surface area (Å²) in [5, 5.41) is 2.14. The van der Waals surface area contributed by atoms with Crippen LogP contribution < -0.4 is 5.73 Å². The van der Waals surface area contributed by atoms with Crippen molar-refractivity contribution in [2.45, 2.75) is 45.7 Å². The zero-order valence-electron chi connectivity index (χ0n) is 11.8. The molecule has 18 heavy (non-hydrogen) atoms. The van der Waals surface area contributed by atoms with Gasteiger partial charge in [-0.15, -0.1) is 11.3 Å². The fourth-order valence-electron chi connectivity index (χ4n) is 2.20. The maximum absolute atomic E-state index is 6.33. The Kier molecular flexibility index (Phi) is 6.85. The van der Waals surface area contributed by atoms with E-state index < -0.39 is 0 Å². The maximum atomic E-state index is 6.33. The summed E-state index contributed by atoms with van der Waals surface area (Å²) in [6.45, 7) is 7.81. The van der Waals surface area contributed by atoms with Gasteiger partial charge in [0.05, 0.1) is 6.04 Å². The second-order valence-electron chi connectivity index (χ2n) is 5.14. The first-order valence-electron chi connectivity index (χ1n) is 6.69. The Morgan fingerprint density at radius 3 is 2.50 bits per heavy atom. The summed E-state index contributed by atoms with van der Waals surface area (Å²) in [7, 11) is 2.19. The van der Waals surface area contributed by atoms with Gasteiger partial charge in [0.25, 0.3) is 0 Å². The van der Waals surface area contributed by atoms with Gasteiger partial charge in [0.2, 0.25) is 0 Å². The van der Waals surface area contributed by atoms with Gasteiger partial charge < -0.3 is 5.73 Å². The third kappa shape index (κ3) is 4.34. The third-order valence-corrected chi connectivity index (χ3v) is 5.29. The van der Waals surface area contributed by atoms with Crippen LogP contribution in [0.3, 0.4) is 0 Å². The standard InChI is InChI=1S/C14H25BrN2S/c1-5-10(3)8-17(4)14(12(16)6-2)13-7-11(15)9-18-13/h7,9-10,12,14H,5-6,8,16H2,1-4H3. The Balaban J connectivity index is 2.84. The highest BCUT2D eigenvalue weighted by molar-refractivity contribution is 9.10. The molecule has 0 radical (unpaired) electrons. The summed E-state index contributed by atoms with van der Waals surface area (Å²) in [6, 6.07) is 2.74. The van der Waals surface area contributed by atoms with Gasteiger partial charge in [-0.25, -0.2) is 0 Å². The molecular formula is C14H25BrN2S. The molecule has 3 unspecified atom stereocenters. The van der Waals surface area contributed by atoms with Crippen LogP contribution in [0.2, 0.25) is 0 Å².